The Bertz CT molecular complexity index is 379. The molecular formula is C9H8BrFO3. The standard InChI is InChI=1S/C9H8BrFO3/c1-4-6(11)3-2-5(10)7(4)8(12)9(13)14/h2-3,8,12H,1H3,(H,13,14). The number of aliphatic hydroxyl groups excluding tert-OH is 1. The monoisotopic (exact) mass is 262 g/mol. The molecule has 0 amide bonds. The van der Waals surface area contributed by atoms with Gasteiger partial charge < -0.3 is 10.2 Å². The molecule has 3 nitrogen and oxygen atoms in total. The molecule has 0 radical (unpaired) electrons. The van der Waals surface area contributed by atoms with Crippen molar-refractivity contribution >= 4 is 21.9 Å². The third kappa shape index (κ3) is 1.93. The molecule has 0 fully saturated rings. The molecule has 0 bridgehead atoms. The van der Waals surface area contributed by atoms with Crippen molar-refractivity contribution in [3.8, 4) is 0 Å². The number of hydrogen-bond donors (Lipinski definition) is 2. The van der Waals surface area contributed by atoms with Gasteiger partial charge in [-0.1, -0.05) is 15.9 Å². The summed E-state index contributed by atoms with van der Waals surface area (Å²) >= 11 is 3.06. The summed E-state index contributed by atoms with van der Waals surface area (Å²) in [5.74, 6) is -1.94. The van der Waals surface area contributed by atoms with Gasteiger partial charge in [0.05, 0.1) is 0 Å². The second-order valence-electron chi connectivity index (χ2n) is 2.81. The van der Waals surface area contributed by atoms with Crippen LogP contribution in [0, 0.1) is 12.7 Å². The van der Waals surface area contributed by atoms with Crippen LogP contribution < -0.4 is 0 Å². The van der Waals surface area contributed by atoms with E-state index < -0.39 is 17.9 Å². The van der Waals surface area contributed by atoms with Crippen LogP contribution in [0.4, 0.5) is 4.39 Å². The predicted octanol–water partition coefficient (Wildman–Crippen LogP) is 2.01. The number of benzene rings is 1. The van der Waals surface area contributed by atoms with Crippen molar-refractivity contribution in [2.24, 2.45) is 0 Å². The zero-order valence-electron chi connectivity index (χ0n) is 7.29. The second kappa shape index (κ2) is 4.06. The Balaban J connectivity index is 3.32. The number of aliphatic hydroxyl groups is 1. The molecule has 1 aromatic carbocycles. The third-order valence-electron chi connectivity index (χ3n) is 1.90. The maximum atomic E-state index is 13.1. The fraction of sp³-hybridized carbons (Fsp3) is 0.222. The molecule has 0 aliphatic rings. The average Bonchev–Trinajstić information content (AvgIpc) is 2.12. The van der Waals surface area contributed by atoms with Gasteiger partial charge in [-0.25, -0.2) is 9.18 Å². The molecule has 0 aliphatic heterocycles. The first-order chi connectivity index (χ1) is 6.45. The minimum Gasteiger partial charge on any atom is -0.479 e. The highest BCUT2D eigenvalue weighted by Gasteiger charge is 2.22. The molecule has 1 unspecified atom stereocenters. The third-order valence-corrected chi connectivity index (χ3v) is 2.59. The summed E-state index contributed by atoms with van der Waals surface area (Å²) in [6, 6.07) is 2.57. The largest absolute Gasteiger partial charge is 0.479 e. The summed E-state index contributed by atoms with van der Waals surface area (Å²) in [4.78, 5) is 10.5. The molecule has 0 saturated carbocycles. The predicted molar refractivity (Wildman–Crippen MR) is 51.4 cm³/mol. The Morgan fingerprint density at radius 3 is 2.64 bits per heavy atom. The summed E-state index contributed by atoms with van der Waals surface area (Å²) in [5.41, 5.74) is 0.187. The van der Waals surface area contributed by atoms with E-state index >= 15 is 0 Å². The van der Waals surface area contributed by atoms with Gasteiger partial charge in [0.25, 0.3) is 0 Å². The number of carboxylic acid groups (broad SMARTS) is 1. The SMILES string of the molecule is Cc1c(F)ccc(Br)c1C(O)C(=O)O. The first-order valence-corrected chi connectivity index (χ1v) is 4.59. The Hall–Kier alpha value is -0.940. The average molecular weight is 263 g/mol. The molecule has 0 spiro atoms. The number of halogens is 2. The second-order valence-corrected chi connectivity index (χ2v) is 3.66. The number of hydrogen-bond acceptors (Lipinski definition) is 2. The molecule has 1 atom stereocenters. The van der Waals surface area contributed by atoms with E-state index in [4.69, 9.17) is 5.11 Å². The van der Waals surface area contributed by atoms with Crippen LogP contribution in [0.3, 0.4) is 0 Å². The fourth-order valence-electron chi connectivity index (χ4n) is 1.13. The van der Waals surface area contributed by atoms with Gasteiger partial charge in [0.1, 0.15) is 5.82 Å². The topological polar surface area (TPSA) is 57.5 Å². The lowest BCUT2D eigenvalue weighted by Crippen LogP contribution is -2.13. The Labute approximate surface area is 88.3 Å². The summed E-state index contributed by atoms with van der Waals surface area (Å²) in [5, 5.41) is 17.9. The first-order valence-electron chi connectivity index (χ1n) is 3.80. The van der Waals surface area contributed by atoms with E-state index in [0.29, 0.717) is 4.47 Å². The highest BCUT2D eigenvalue weighted by atomic mass is 79.9. The van der Waals surface area contributed by atoms with Crippen molar-refractivity contribution in [3.05, 3.63) is 33.5 Å². The highest BCUT2D eigenvalue weighted by Crippen LogP contribution is 2.28. The Morgan fingerprint density at radius 1 is 1.57 bits per heavy atom. The summed E-state index contributed by atoms with van der Waals surface area (Å²) in [6.45, 7) is 1.42. The number of aliphatic carboxylic acids is 1. The van der Waals surface area contributed by atoms with Crippen LogP contribution in [-0.4, -0.2) is 16.2 Å². The van der Waals surface area contributed by atoms with Crippen LogP contribution in [0.25, 0.3) is 0 Å². The quantitative estimate of drug-likeness (QED) is 0.858. The molecule has 76 valence electrons. The van der Waals surface area contributed by atoms with Gasteiger partial charge in [-0.05, 0) is 24.6 Å². The molecule has 0 heterocycles. The van der Waals surface area contributed by atoms with Gasteiger partial charge in [0.15, 0.2) is 6.10 Å². The van der Waals surface area contributed by atoms with E-state index in [2.05, 4.69) is 15.9 Å². The van der Waals surface area contributed by atoms with Gasteiger partial charge in [-0.3, -0.25) is 0 Å². The molecule has 0 saturated heterocycles. The highest BCUT2D eigenvalue weighted by molar-refractivity contribution is 9.10. The van der Waals surface area contributed by atoms with Gasteiger partial charge in [-0.15, -0.1) is 0 Å². The minimum absolute atomic E-state index is 0.0532. The van der Waals surface area contributed by atoms with Crippen molar-refractivity contribution in [2.75, 3.05) is 0 Å². The Morgan fingerprint density at radius 2 is 2.14 bits per heavy atom. The van der Waals surface area contributed by atoms with E-state index in [1.165, 1.54) is 19.1 Å². The van der Waals surface area contributed by atoms with Gasteiger partial charge in [0, 0.05) is 10.0 Å². The minimum atomic E-state index is -1.71. The lowest BCUT2D eigenvalue weighted by atomic mass is 10.0. The number of carbonyl (C=O) groups is 1. The van der Waals surface area contributed by atoms with Crippen molar-refractivity contribution in [3.63, 3.8) is 0 Å². The van der Waals surface area contributed by atoms with Gasteiger partial charge in [0.2, 0.25) is 0 Å². The smallest absolute Gasteiger partial charge is 0.337 e. The first kappa shape index (κ1) is 11.1. The van der Waals surface area contributed by atoms with Crippen molar-refractivity contribution in [2.45, 2.75) is 13.0 Å². The van der Waals surface area contributed by atoms with E-state index in [9.17, 15) is 14.3 Å². The van der Waals surface area contributed by atoms with E-state index in [0.717, 1.165) is 0 Å². The van der Waals surface area contributed by atoms with Crippen LogP contribution in [0.2, 0.25) is 0 Å². The zero-order valence-corrected chi connectivity index (χ0v) is 8.88. The normalized spacial score (nSPS) is 12.6. The van der Waals surface area contributed by atoms with Crippen LogP contribution >= 0.6 is 15.9 Å². The van der Waals surface area contributed by atoms with Crippen molar-refractivity contribution in [1.82, 2.24) is 0 Å². The molecule has 0 aliphatic carbocycles. The summed E-state index contributed by atoms with van der Waals surface area (Å²) < 4.78 is 13.4. The molecule has 1 aromatic rings. The van der Waals surface area contributed by atoms with Crippen LogP contribution in [-0.2, 0) is 4.79 Å². The lowest BCUT2D eigenvalue weighted by Gasteiger charge is -2.12. The van der Waals surface area contributed by atoms with Crippen LogP contribution in [0.5, 0.6) is 0 Å². The van der Waals surface area contributed by atoms with Crippen molar-refractivity contribution < 1.29 is 19.4 Å². The van der Waals surface area contributed by atoms with E-state index in [1.54, 1.807) is 0 Å². The molecule has 1 rings (SSSR count). The lowest BCUT2D eigenvalue weighted by molar-refractivity contribution is -0.147. The van der Waals surface area contributed by atoms with Gasteiger partial charge in [-0.2, -0.15) is 0 Å². The molecule has 2 N–H and O–H groups in total. The van der Waals surface area contributed by atoms with E-state index in [-0.39, 0.29) is 11.1 Å². The maximum Gasteiger partial charge on any atom is 0.337 e. The van der Waals surface area contributed by atoms with Crippen molar-refractivity contribution in [1.29, 1.82) is 0 Å². The Kier molecular flexibility index (Phi) is 3.23. The molecular weight excluding hydrogens is 255 g/mol. The summed E-state index contributed by atoms with van der Waals surface area (Å²) in [6.07, 6.45) is -1.71. The fourth-order valence-corrected chi connectivity index (χ4v) is 1.77. The summed E-state index contributed by atoms with van der Waals surface area (Å²) in [7, 11) is 0. The van der Waals surface area contributed by atoms with E-state index in [1.807, 2.05) is 0 Å². The molecule has 0 aromatic heterocycles. The van der Waals surface area contributed by atoms with Crippen LogP contribution in [0.15, 0.2) is 16.6 Å². The van der Waals surface area contributed by atoms with Crippen LogP contribution in [0.1, 0.15) is 17.2 Å². The number of rotatable bonds is 2. The molecule has 14 heavy (non-hydrogen) atoms. The number of carboxylic acids is 1. The van der Waals surface area contributed by atoms with Gasteiger partial charge >= 0.3 is 5.97 Å². The zero-order chi connectivity index (χ0) is 10.9. The molecule has 5 heteroatoms. The maximum absolute atomic E-state index is 13.1.